The molecule has 0 N–H and O–H groups in total. The predicted octanol–water partition coefficient (Wildman–Crippen LogP) is 5.56. The highest BCUT2D eigenvalue weighted by Crippen LogP contribution is 2.40. The second-order valence-electron chi connectivity index (χ2n) is 6.44. The first-order valence-corrected chi connectivity index (χ1v) is 10.4. The third kappa shape index (κ3) is 6.79. The summed E-state index contributed by atoms with van der Waals surface area (Å²) in [5.41, 5.74) is 2.59. The average molecular weight is 375 g/mol. The van der Waals surface area contributed by atoms with Gasteiger partial charge in [-0.25, -0.2) is 0 Å². The van der Waals surface area contributed by atoms with Crippen molar-refractivity contribution in [3.8, 4) is 0 Å². The molecule has 0 bridgehead atoms. The Morgan fingerprint density at radius 1 is 0.960 bits per heavy atom. The second kappa shape index (κ2) is 9.93. The molecule has 0 aliphatic rings. The second-order valence-corrected chi connectivity index (χ2v) is 9.26. The van der Waals surface area contributed by atoms with Gasteiger partial charge in [0, 0.05) is 21.5 Å². The maximum Gasteiger partial charge on any atom is 0.306 e. The minimum atomic E-state index is -0.140. The number of benzene rings is 2. The van der Waals surface area contributed by atoms with Crippen molar-refractivity contribution >= 4 is 29.5 Å². The first-order valence-electron chi connectivity index (χ1n) is 8.41. The Morgan fingerprint density at radius 2 is 1.48 bits per heavy atom. The van der Waals surface area contributed by atoms with Gasteiger partial charge in [-0.1, -0.05) is 60.7 Å². The maximum absolute atomic E-state index is 11.9. The monoisotopic (exact) mass is 374 g/mol. The summed E-state index contributed by atoms with van der Waals surface area (Å²) in [4.78, 5) is 11.9. The van der Waals surface area contributed by atoms with Crippen molar-refractivity contribution < 1.29 is 9.53 Å². The van der Waals surface area contributed by atoms with Gasteiger partial charge in [0.2, 0.25) is 0 Å². The lowest BCUT2D eigenvalue weighted by Gasteiger charge is -2.33. The number of rotatable bonds is 9. The molecule has 0 aromatic heterocycles. The van der Waals surface area contributed by atoms with E-state index in [9.17, 15) is 4.79 Å². The molecule has 1 unspecified atom stereocenters. The Balaban J connectivity index is 2.02. The fraction of sp³-hybridized carbons (Fsp3) is 0.381. The molecule has 4 heteroatoms. The molecule has 2 aromatic rings. The van der Waals surface area contributed by atoms with Crippen molar-refractivity contribution in [1.82, 2.24) is 0 Å². The number of carbonyl (C=O) groups is 1. The van der Waals surface area contributed by atoms with Gasteiger partial charge in [-0.05, 0) is 25.0 Å². The predicted molar refractivity (Wildman–Crippen MR) is 110 cm³/mol. The molecule has 0 aliphatic carbocycles. The van der Waals surface area contributed by atoms with E-state index < -0.39 is 0 Å². The number of carbonyl (C=O) groups excluding carboxylic acids is 1. The molecule has 0 radical (unpaired) electrons. The van der Waals surface area contributed by atoms with Gasteiger partial charge >= 0.3 is 5.97 Å². The van der Waals surface area contributed by atoms with Crippen molar-refractivity contribution in [2.24, 2.45) is 0 Å². The van der Waals surface area contributed by atoms with Crippen LogP contribution in [0.1, 0.15) is 31.4 Å². The average Bonchev–Trinajstić information content (AvgIpc) is 2.65. The van der Waals surface area contributed by atoms with E-state index in [4.69, 9.17) is 4.74 Å². The van der Waals surface area contributed by atoms with Crippen LogP contribution in [0.5, 0.6) is 0 Å². The van der Waals surface area contributed by atoms with Crippen molar-refractivity contribution in [1.29, 1.82) is 0 Å². The third-order valence-corrected chi connectivity index (χ3v) is 7.42. The normalized spacial score (nSPS) is 12.6. The number of esters is 1. The summed E-state index contributed by atoms with van der Waals surface area (Å²) in [7, 11) is 1.46. The van der Waals surface area contributed by atoms with Gasteiger partial charge in [0.15, 0.2) is 0 Å². The Morgan fingerprint density at radius 3 is 2.00 bits per heavy atom. The van der Waals surface area contributed by atoms with Crippen molar-refractivity contribution in [3.05, 3.63) is 71.8 Å². The summed E-state index contributed by atoms with van der Waals surface area (Å²) in [6.07, 6.45) is 0.433. The lowest BCUT2D eigenvalue weighted by atomic mass is 10.1. The van der Waals surface area contributed by atoms with Crippen molar-refractivity contribution in [2.75, 3.05) is 7.11 Å². The fourth-order valence-corrected chi connectivity index (χ4v) is 5.10. The Hall–Kier alpha value is -1.39. The minimum Gasteiger partial charge on any atom is -0.469 e. The molecule has 2 rings (SSSR count). The van der Waals surface area contributed by atoms with Crippen LogP contribution < -0.4 is 0 Å². The first kappa shape index (κ1) is 19.9. The molecule has 2 aromatic carbocycles. The van der Waals surface area contributed by atoms with Crippen LogP contribution in [-0.4, -0.2) is 23.1 Å². The van der Waals surface area contributed by atoms with Crippen LogP contribution in [0.3, 0.4) is 0 Å². The molecular weight excluding hydrogens is 348 g/mol. The van der Waals surface area contributed by atoms with Gasteiger partial charge in [0.1, 0.15) is 0 Å². The van der Waals surface area contributed by atoms with Crippen LogP contribution in [0.25, 0.3) is 0 Å². The molecule has 0 spiro atoms. The van der Waals surface area contributed by atoms with E-state index in [1.165, 1.54) is 18.2 Å². The zero-order valence-corrected chi connectivity index (χ0v) is 16.7. The third-order valence-electron chi connectivity index (χ3n) is 4.10. The minimum absolute atomic E-state index is 0.0382. The highest BCUT2D eigenvalue weighted by Gasteiger charge is 2.32. The maximum atomic E-state index is 11.9. The summed E-state index contributed by atoms with van der Waals surface area (Å²) >= 11 is 3.74. The van der Waals surface area contributed by atoms with Crippen molar-refractivity contribution in [2.45, 2.75) is 41.8 Å². The van der Waals surface area contributed by atoms with Gasteiger partial charge in [-0.3, -0.25) is 4.79 Å². The molecular formula is C21H26O2S2. The first-order chi connectivity index (χ1) is 12.0. The van der Waals surface area contributed by atoms with E-state index in [1.807, 2.05) is 35.7 Å². The van der Waals surface area contributed by atoms with Crippen LogP contribution >= 0.6 is 23.5 Å². The van der Waals surface area contributed by atoms with Gasteiger partial charge < -0.3 is 4.74 Å². The Bertz CT molecular complexity index is 641. The van der Waals surface area contributed by atoms with Gasteiger partial charge in [-0.2, -0.15) is 11.8 Å². The van der Waals surface area contributed by atoms with Gasteiger partial charge in [0.05, 0.1) is 13.5 Å². The van der Waals surface area contributed by atoms with E-state index in [-0.39, 0.29) is 16.0 Å². The van der Waals surface area contributed by atoms with Gasteiger partial charge in [0.25, 0.3) is 0 Å². The zero-order chi connectivity index (χ0) is 18.1. The summed E-state index contributed by atoms with van der Waals surface area (Å²) in [6.45, 7) is 4.46. The van der Waals surface area contributed by atoms with E-state index >= 15 is 0 Å². The summed E-state index contributed by atoms with van der Waals surface area (Å²) in [5.74, 6) is 1.70. The lowest BCUT2D eigenvalue weighted by molar-refractivity contribution is -0.140. The fourth-order valence-electron chi connectivity index (χ4n) is 2.45. The number of thioether (sulfide) groups is 2. The molecule has 0 fully saturated rings. The standard InChI is InChI=1S/C21H26O2S2/c1-21(2,25-16-18-12-8-5-9-13-18)19(14-20(22)23-3)24-15-17-10-6-4-7-11-17/h4-13,19H,14-16H2,1-3H3. The van der Waals surface area contributed by atoms with Crippen molar-refractivity contribution in [3.63, 3.8) is 0 Å². The highest BCUT2D eigenvalue weighted by atomic mass is 32.2. The van der Waals surface area contributed by atoms with E-state index in [1.54, 1.807) is 0 Å². The van der Waals surface area contributed by atoms with Crippen LogP contribution in [0.4, 0.5) is 0 Å². The molecule has 0 heterocycles. The molecule has 25 heavy (non-hydrogen) atoms. The molecule has 0 saturated heterocycles. The number of hydrogen-bond donors (Lipinski definition) is 0. The summed E-state index contributed by atoms with van der Waals surface area (Å²) < 4.78 is 4.89. The van der Waals surface area contributed by atoms with E-state index in [0.717, 1.165) is 11.5 Å². The Kier molecular flexibility index (Phi) is 7.91. The van der Waals surface area contributed by atoms with Gasteiger partial charge in [-0.15, -0.1) is 11.8 Å². The van der Waals surface area contributed by atoms with Crippen LogP contribution in [0.2, 0.25) is 0 Å². The highest BCUT2D eigenvalue weighted by molar-refractivity contribution is 8.03. The summed E-state index contributed by atoms with van der Waals surface area (Å²) in [6, 6.07) is 20.9. The number of hydrogen-bond acceptors (Lipinski definition) is 4. The smallest absolute Gasteiger partial charge is 0.306 e. The quantitative estimate of drug-likeness (QED) is 0.537. The zero-order valence-electron chi connectivity index (χ0n) is 15.1. The van der Waals surface area contributed by atoms with E-state index in [2.05, 4.69) is 62.4 Å². The van der Waals surface area contributed by atoms with Crippen LogP contribution in [0.15, 0.2) is 60.7 Å². The van der Waals surface area contributed by atoms with Crippen LogP contribution in [0, 0.1) is 0 Å². The molecule has 0 amide bonds. The number of methoxy groups -OCH3 is 1. The van der Waals surface area contributed by atoms with E-state index in [0.29, 0.717) is 6.42 Å². The molecule has 1 atom stereocenters. The molecule has 2 nitrogen and oxygen atoms in total. The summed E-state index contributed by atoms with van der Waals surface area (Å²) in [5, 5.41) is 0.189. The number of ether oxygens (including phenoxy) is 1. The lowest BCUT2D eigenvalue weighted by Crippen LogP contribution is -2.33. The molecule has 134 valence electrons. The SMILES string of the molecule is COC(=O)CC(SCc1ccccc1)C(C)(C)SCc1ccccc1. The molecule has 0 saturated carbocycles. The molecule has 0 aliphatic heterocycles. The topological polar surface area (TPSA) is 26.3 Å². The van der Waals surface area contributed by atoms with Crippen LogP contribution in [-0.2, 0) is 21.0 Å². The largest absolute Gasteiger partial charge is 0.469 e. The Labute approximate surface area is 159 Å².